The number of halogens is 1. The highest BCUT2D eigenvalue weighted by atomic mass is 35.5. The average molecular weight is 361 g/mol. The second-order valence-corrected chi connectivity index (χ2v) is 6.80. The topological polar surface area (TPSA) is 48.2 Å². The molecule has 24 heavy (non-hydrogen) atoms. The molecule has 0 aliphatic carbocycles. The zero-order chi connectivity index (χ0) is 16.9. The number of thioether (sulfide) groups is 1. The second-order valence-electron chi connectivity index (χ2n) is 5.44. The van der Waals surface area contributed by atoms with E-state index in [0.29, 0.717) is 11.1 Å². The first-order chi connectivity index (χ1) is 11.6. The molecule has 0 saturated heterocycles. The summed E-state index contributed by atoms with van der Waals surface area (Å²) < 4.78 is 11.4. The van der Waals surface area contributed by atoms with Crippen LogP contribution in [0.15, 0.2) is 52.1 Å². The quantitative estimate of drug-likeness (QED) is 0.564. The van der Waals surface area contributed by atoms with Gasteiger partial charge in [0.25, 0.3) is 11.1 Å². The molecule has 124 valence electrons. The van der Waals surface area contributed by atoms with Gasteiger partial charge in [-0.15, -0.1) is 10.2 Å². The van der Waals surface area contributed by atoms with Gasteiger partial charge < -0.3 is 9.15 Å². The first-order valence-corrected chi connectivity index (χ1v) is 8.86. The molecule has 1 heterocycles. The maximum Gasteiger partial charge on any atom is 0.277 e. The molecule has 0 fully saturated rings. The summed E-state index contributed by atoms with van der Waals surface area (Å²) in [7, 11) is 0. The lowest BCUT2D eigenvalue weighted by Crippen LogP contribution is -1.97. The average Bonchev–Trinajstić information content (AvgIpc) is 3.02. The fourth-order valence-corrected chi connectivity index (χ4v) is 3.07. The first-order valence-electron chi connectivity index (χ1n) is 7.50. The van der Waals surface area contributed by atoms with Crippen LogP contribution in [0.2, 0.25) is 5.02 Å². The zero-order valence-corrected chi connectivity index (χ0v) is 15.0. The van der Waals surface area contributed by atoms with E-state index in [-0.39, 0.29) is 6.61 Å². The third-order valence-electron chi connectivity index (χ3n) is 3.39. The van der Waals surface area contributed by atoms with Gasteiger partial charge in [-0.2, -0.15) is 0 Å². The van der Waals surface area contributed by atoms with Gasteiger partial charge in [-0.1, -0.05) is 47.6 Å². The molecule has 2 aromatic carbocycles. The van der Waals surface area contributed by atoms with Crippen LogP contribution >= 0.6 is 23.4 Å². The largest absolute Gasteiger partial charge is 0.484 e. The maximum atomic E-state index is 5.98. The highest BCUT2D eigenvalue weighted by Gasteiger charge is 2.09. The van der Waals surface area contributed by atoms with Crippen LogP contribution in [0.3, 0.4) is 0 Å². The molecule has 0 radical (unpaired) electrons. The predicted molar refractivity (Wildman–Crippen MR) is 95.6 cm³/mol. The summed E-state index contributed by atoms with van der Waals surface area (Å²) in [6.07, 6.45) is 0. The van der Waals surface area contributed by atoms with E-state index in [9.17, 15) is 0 Å². The van der Waals surface area contributed by atoms with Crippen LogP contribution in [-0.2, 0) is 12.4 Å². The van der Waals surface area contributed by atoms with Crippen molar-refractivity contribution in [3.63, 3.8) is 0 Å². The normalized spacial score (nSPS) is 10.8. The van der Waals surface area contributed by atoms with E-state index in [1.807, 2.05) is 50.2 Å². The summed E-state index contributed by atoms with van der Waals surface area (Å²) >= 11 is 7.45. The van der Waals surface area contributed by atoms with Crippen LogP contribution in [0.5, 0.6) is 5.75 Å². The third-order valence-corrected chi connectivity index (χ3v) is 4.52. The lowest BCUT2D eigenvalue weighted by Gasteiger charge is -2.07. The smallest absolute Gasteiger partial charge is 0.277 e. The van der Waals surface area contributed by atoms with Crippen LogP contribution in [0, 0.1) is 13.8 Å². The standard InChI is InChI=1S/C18H17ClN2O2S/c1-12-6-7-13(2)16(8-12)22-10-17-20-21-18(23-17)24-11-14-4-3-5-15(19)9-14/h3-9H,10-11H2,1-2H3. The monoisotopic (exact) mass is 360 g/mol. The number of rotatable bonds is 6. The zero-order valence-electron chi connectivity index (χ0n) is 13.5. The van der Waals surface area contributed by atoms with E-state index in [2.05, 4.69) is 16.3 Å². The van der Waals surface area contributed by atoms with Gasteiger partial charge in [0.2, 0.25) is 0 Å². The molecule has 0 bridgehead atoms. The summed E-state index contributed by atoms with van der Waals surface area (Å²) in [5.74, 6) is 2.02. The molecule has 0 saturated carbocycles. The van der Waals surface area contributed by atoms with Crippen LogP contribution in [0.25, 0.3) is 0 Å². The Morgan fingerprint density at radius 1 is 1.12 bits per heavy atom. The summed E-state index contributed by atoms with van der Waals surface area (Å²) in [6, 6.07) is 13.8. The molecule has 0 atom stereocenters. The van der Waals surface area contributed by atoms with E-state index in [1.165, 1.54) is 11.8 Å². The lowest BCUT2D eigenvalue weighted by atomic mass is 10.1. The Bertz CT molecular complexity index is 835. The molecule has 0 aliphatic heterocycles. The van der Waals surface area contributed by atoms with Gasteiger partial charge in [0.1, 0.15) is 5.75 Å². The molecule has 3 aromatic rings. The Balaban J connectivity index is 1.56. The number of hydrogen-bond donors (Lipinski definition) is 0. The van der Waals surface area contributed by atoms with E-state index in [0.717, 1.165) is 33.2 Å². The minimum absolute atomic E-state index is 0.259. The first kappa shape index (κ1) is 16.9. The SMILES string of the molecule is Cc1ccc(C)c(OCc2nnc(SCc3cccc(Cl)c3)o2)c1. The number of benzene rings is 2. The van der Waals surface area contributed by atoms with Crippen LogP contribution in [0.4, 0.5) is 0 Å². The molecule has 0 N–H and O–H groups in total. The van der Waals surface area contributed by atoms with E-state index < -0.39 is 0 Å². The molecule has 0 amide bonds. The third kappa shape index (κ3) is 4.52. The second kappa shape index (κ2) is 7.73. The highest BCUT2D eigenvalue weighted by molar-refractivity contribution is 7.98. The fourth-order valence-electron chi connectivity index (χ4n) is 2.13. The van der Waals surface area contributed by atoms with Crippen molar-refractivity contribution in [3.8, 4) is 5.75 Å². The maximum absolute atomic E-state index is 5.98. The van der Waals surface area contributed by atoms with Gasteiger partial charge >= 0.3 is 0 Å². The van der Waals surface area contributed by atoms with Crippen molar-refractivity contribution in [1.82, 2.24) is 10.2 Å². The molecular formula is C18H17ClN2O2S. The molecule has 0 unspecified atom stereocenters. The lowest BCUT2D eigenvalue weighted by molar-refractivity contribution is 0.250. The van der Waals surface area contributed by atoms with Gasteiger partial charge in [0, 0.05) is 10.8 Å². The van der Waals surface area contributed by atoms with Crippen molar-refractivity contribution in [2.24, 2.45) is 0 Å². The van der Waals surface area contributed by atoms with Crippen molar-refractivity contribution < 1.29 is 9.15 Å². The van der Waals surface area contributed by atoms with Gasteiger partial charge in [0.05, 0.1) is 0 Å². The Labute approximate surface area is 150 Å². The number of ether oxygens (including phenoxy) is 1. The van der Waals surface area contributed by atoms with Gasteiger partial charge in [-0.25, -0.2) is 0 Å². The number of aromatic nitrogens is 2. The highest BCUT2D eigenvalue weighted by Crippen LogP contribution is 2.24. The fraction of sp³-hybridized carbons (Fsp3) is 0.222. The van der Waals surface area contributed by atoms with Crippen LogP contribution < -0.4 is 4.74 Å². The molecule has 1 aromatic heterocycles. The van der Waals surface area contributed by atoms with Crippen molar-refractivity contribution in [1.29, 1.82) is 0 Å². The molecule has 6 heteroatoms. The minimum Gasteiger partial charge on any atom is -0.484 e. The van der Waals surface area contributed by atoms with Crippen molar-refractivity contribution in [2.75, 3.05) is 0 Å². The van der Waals surface area contributed by atoms with Gasteiger partial charge in [-0.3, -0.25) is 0 Å². The number of nitrogens with zero attached hydrogens (tertiary/aromatic N) is 2. The van der Waals surface area contributed by atoms with Crippen molar-refractivity contribution >= 4 is 23.4 Å². The Hall–Kier alpha value is -1.98. The molecule has 3 rings (SSSR count). The van der Waals surface area contributed by atoms with Gasteiger partial charge in [0.15, 0.2) is 6.61 Å². The molecular weight excluding hydrogens is 344 g/mol. The Morgan fingerprint density at radius 3 is 2.83 bits per heavy atom. The Morgan fingerprint density at radius 2 is 2.00 bits per heavy atom. The van der Waals surface area contributed by atoms with E-state index in [4.69, 9.17) is 20.8 Å². The number of aryl methyl sites for hydroxylation is 2. The molecule has 0 aliphatic rings. The van der Waals surface area contributed by atoms with Crippen LogP contribution in [-0.4, -0.2) is 10.2 Å². The van der Waals surface area contributed by atoms with Gasteiger partial charge in [-0.05, 0) is 48.7 Å². The van der Waals surface area contributed by atoms with Crippen LogP contribution in [0.1, 0.15) is 22.6 Å². The minimum atomic E-state index is 0.259. The summed E-state index contributed by atoms with van der Waals surface area (Å²) in [5.41, 5.74) is 3.34. The Kier molecular flexibility index (Phi) is 5.43. The predicted octanol–water partition coefficient (Wildman–Crippen LogP) is 5.21. The summed E-state index contributed by atoms with van der Waals surface area (Å²) in [4.78, 5) is 0. The molecule has 0 spiro atoms. The van der Waals surface area contributed by atoms with E-state index in [1.54, 1.807) is 0 Å². The van der Waals surface area contributed by atoms with E-state index >= 15 is 0 Å². The molecule has 4 nitrogen and oxygen atoms in total. The number of hydrogen-bond acceptors (Lipinski definition) is 5. The summed E-state index contributed by atoms with van der Waals surface area (Å²) in [6.45, 7) is 4.30. The van der Waals surface area contributed by atoms with Crippen molar-refractivity contribution in [3.05, 3.63) is 70.1 Å². The summed E-state index contributed by atoms with van der Waals surface area (Å²) in [5, 5.41) is 9.31. The van der Waals surface area contributed by atoms with Crippen molar-refractivity contribution in [2.45, 2.75) is 31.4 Å².